The summed E-state index contributed by atoms with van der Waals surface area (Å²) >= 11 is 0. The van der Waals surface area contributed by atoms with Gasteiger partial charge in [-0.2, -0.15) is 0 Å². The Morgan fingerprint density at radius 3 is 2.95 bits per heavy atom. The molecule has 0 spiro atoms. The number of aromatic nitrogens is 2. The van der Waals surface area contributed by atoms with Crippen LogP contribution in [0.15, 0.2) is 6.20 Å². The number of fused-ring (bicyclic) bond motifs is 1. The minimum absolute atomic E-state index is 0.258. The third-order valence-corrected chi connectivity index (χ3v) is 4.49. The van der Waals surface area contributed by atoms with Gasteiger partial charge in [-0.05, 0) is 32.9 Å². The molecule has 2 aliphatic heterocycles. The van der Waals surface area contributed by atoms with Crippen LogP contribution in [0.5, 0.6) is 0 Å². The molecule has 19 heavy (non-hydrogen) atoms. The van der Waals surface area contributed by atoms with Gasteiger partial charge in [-0.15, -0.1) is 0 Å². The van der Waals surface area contributed by atoms with Gasteiger partial charge in [0.15, 0.2) is 0 Å². The second-order valence-corrected chi connectivity index (χ2v) is 5.80. The van der Waals surface area contributed by atoms with Gasteiger partial charge in [-0.1, -0.05) is 6.42 Å². The third kappa shape index (κ3) is 2.39. The molecule has 1 saturated heterocycles. The summed E-state index contributed by atoms with van der Waals surface area (Å²) in [6.07, 6.45) is 7.12. The van der Waals surface area contributed by atoms with Crippen LogP contribution in [0.1, 0.15) is 43.2 Å². The van der Waals surface area contributed by atoms with Gasteiger partial charge in [0.2, 0.25) is 0 Å². The Bertz CT molecular complexity index is 483. The van der Waals surface area contributed by atoms with Crippen LogP contribution >= 0.6 is 0 Å². The van der Waals surface area contributed by atoms with Gasteiger partial charge in [-0.25, -0.2) is 4.98 Å². The molecule has 1 aromatic rings. The number of aliphatic carboxylic acids is 1. The minimum Gasteiger partial charge on any atom is -0.481 e. The largest absolute Gasteiger partial charge is 0.481 e. The Morgan fingerprint density at radius 1 is 1.37 bits per heavy atom. The normalized spacial score (nSPS) is 28.1. The van der Waals surface area contributed by atoms with E-state index in [4.69, 9.17) is 10.1 Å². The molecule has 0 amide bonds. The molecule has 0 aromatic carbocycles. The van der Waals surface area contributed by atoms with Crippen molar-refractivity contribution >= 4 is 5.97 Å². The molecule has 2 aliphatic rings. The number of nitrogens with zero attached hydrogens (tertiary/aromatic N) is 3. The fraction of sp³-hybridized carbons (Fsp3) is 0.714. The quantitative estimate of drug-likeness (QED) is 0.882. The number of piperidine rings is 1. The van der Waals surface area contributed by atoms with Gasteiger partial charge in [0.25, 0.3) is 0 Å². The zero-order chi connectivity index (χ0) is 13.4. The smallest absolute Gasteiger partial charge is 0.307 e. The van der Waals surface area contributed by atoms with Crippen LogP contribution in [0.25, 0.3) is 0 Å². The van der Waals surface area contributed by atoms with E-state index >= 15 is 0 Å². The van der Waals surface area contributed by atoms with E-state index in [-0.39, 0.29) is 5.92 Å². The predicted molar refractivity (Wildman–Crippen MR) is 70.9 cm³/mol. The van der Waals surface area contributed by atoms with Crippen LogP contribution in [0, 0.1) is 5.92 Å². The van der Waals surface area contributed by atoms with Crippen molar-refractivity contribution in [3.63, 3.8) is 0 Å². The van der Waals surface area contributed by atoms with Crippen LogP contribution in [-0.2, 0) is 17.8 Å². The van der Waals surface area contributed by atoms with E-state index in [2.05, 4.69) is 22.7 Å². The Morgan fingerprint density at radius 2 is 2.21 bits per heavy atom. The lowest BCUT2D eigenvalue weighted by atomic mass is 9.98. The van der Waals surface area contributed by atoms with E-state index in [9.17, 15) is 4.79 Å². The summed E-state index contributed by atoms with van der Waals surface area (Å²) in [6.45, 7) is 1.92. The fourth-order valence-electron chi connectivity index (χ4n) is 3.27. The molecule has 5 nitrogen and oxygen atoms in total. The first-order valence-corrected chi connectivity index (χ1v) is 7.14. The number of hydrogen-bond acceptors (Lipinski definition) is 3. The SMILES string of the molecule is CN1CCCCC1c1cn2c(n1)CC(C(=O)O)CC2. The summed E-state index contributed by atoms with van der Waals surface area (Å²) in [5.74, 6) is 0.00467. The third-order valence-electron chi connectivity index (χ3n) is 4.49. The van der Waals surface area contributed by atoms with Gasteiger partial charge in [-0.3, -0.25) is 9.69 Å². The Kier molecular flexibility index (Phi) is 3.31. The van der Waals surface area contributed by atoms with Crippen LogP contribution in [0.3, 0.4) is 0 Å². The maximum Gasteiger partial charge on any atom is 0.307 e. The van der Waals surface area contributed by atoms with Crippen LogP contribution < -0.4 is 0 Å². The predicted octanol–water partition coefficient (Wildman–Crippen LogP) is 1.69. The van der Waals surface area contributed by atoms with Crippen molar-refractivity contribution in [2.24, 2.45) is 5.92 Å². The van der Waals surface area contributed by atoms with E-state index < -0.39 is 5.97 Å². The highest BCUT2D eigenvalue weighted by molar-refractivity contribution is 5.70. The molecule has 0 saturated carbocycles. The van der Waals surface area contributed by atoms with Crippen molar-refractivity contribution in [3.8, 4) is 0 Å². The van der Waals surface area contributed by atoms with E-state index in [0.717, 1.165) is 37.4 Å². The first kappa shape index (κ1) is 12.7. The second-order valence-electron chi connectivity index (χ2n) is 5.80. The zero-order valence-electron chi connectivity index (χ0n) is 11.4. The fourth-order valence-corrected chi connectivity index (χ4v) is 3.27. The lowest BCUT2D eigenvalue weighted by Crippen LogP contribution is -2.29. The molecular formula is C14H21N3O2. The summed E-state index contributed by atoms with van der Waals surface area (Å²) in [7, 11) is 2.15. The lowest BCUT2D eigenvalue weighted by molar-refractivity contribution is -0.142. The molecule has 104 valence electrons. The number of carboxylic acids is 1. The molecule has 1 N–H and O–H groups in total. The number of carbonyl (C=O) groups is 1. The molecule has 5 heteroatoms. The number of aryl methyl sites for hydroxylation is 1. The Hall–Kier alpha value is -1.36. The molecule has 3 rings (SSSR count). The van der Waals surface area contributed by atoms with Gasteiger partial charge < -0.3 is 9.67 Å². The molecule has 0 radical (unpaired) electrons. The first-order valence-electron chi connectivity index (χ1n) is 7.14. The summed E-state index contributed by atoms with van der Waals surface area (Å²) in [4.78, 5) is 18.2. The van der Waals surface area contributed by atoms with Crippen molar-refractivity contribution in [1.82, 2.24) is 14.5 Å². The van der Waals surface area contributed by atoms with Crippen molar-refractivity contribution in [1.29, 1.82) is 0 Å². The second kappa shape index (κ2) is 4.96. The molecule has 0 aliphatic carbocycles. The highest BCUT2D eigenvalue weighted by Crippen LogP contribution is 2.30. The summed E-state index contributed by atoms with van der Waals surface area (Å²) in [6, 6.07) is 0.412. The van der Waals surface area contributed by atoms with Gasteiger partial charge in [0, 0.05) is 19.2 Å². The molecule has 2 unspecified atom stereocenters. The molecule has 1 aromatic heterocycles. The lowest BCUT2D eigenvalue weighted by Gasteiger charge is -2.31. The maximum absolute atomic E-state index is 11.1. The first-order chi connectivity index (χ1) is 9.15. The topological polar surface area (TPSA) is 58.4 Å². The number of imidazole rings is 1. The van der Waals surface area contributed by atoms with Crippen molar-refractivity contribution in [3.05, 3.63) is 17.7 Å². The molecule has 0 bridgehead atoms. The monoisotopic (exact) mass is 263 g/mol. The van der Waals surface area contributed by atoms with Crippen molar-refractivity contribution < 1.29 is 9.90 Å². The molecular weight excluding hydrogens is 242 g/mol. The van der Waals surface area contributed by atoms with E-state index in [1.165, 1.54) is 12.8 Å². The van der Waals surface area contributed by atoms with Gasteiger partial charge in [0.05, 0.1) is 17.7 Å². The molecule has 3 heterocycles. The van der Waals surface area contributed by atoms with E-state index in [1.54, 1.807) is 0 Å². The Balaban J connectivity index is 1.81. The van der Waals surface area contributed by atoms with Crippen molar-refractivity contribution in [2.45, 2.75) is 44.7 Å². The van der Waals surface area contributed by atoms with Crippen LogP contribution in [0.4, 0.5) is 0 Å². The molecule has 1 fully saturated rings. The highest BCUT2D eigenvalue weighted by atomic mass is 16.4. The summed E-state index contributed by atoms with van der Waals surface area (Å²) in [5, 5.41) is 9.12. The minimum atomic E-state index is -0.689. The van der Waals surface area contributed by atoms with Gasteiger partial charge >= 0.3 is 5.97 Å². The van der Waals surface area contributed by atoms with E-state index in [0.29, 0.717) is 12.5 Å². The molecule has 2 atom stereocenters. The van der Waals surface area contributed by atoms with Crippen molar-refractivity contribution in [2.75, 3.05) is 13.6 Å². The average molecular weight is 263 g/mol. The average Bonchev–Trinajstić information content (AvgIpc) is 2.81. The van der Waals surface area contributed by atoms with E-state index in [1.807, 2.05) is 0 Å². The Labute approximate surface area is 113 Å². The number of hydrogen-bond donors (Lipinski definition) is 1. The summed E-state index contributed by atoms with van der Waals surface area (Å²) < 4.78 is 2.15. The standard InChI is InChI=1S/C14H21N3O2/c1-16-6-3-2-4-12(16)11-9-17-7-5-10(14(18)19)8-13(17)15-11/h9-10,12H,2-8H2,1H3,(H,18,19). The summed E-state index contributed by atoms with van der Waals surface area (Å²) in [5.41, 5.74) is 1.13. The highest BCUT2D eigenvalue weighted by Gasteiger charge is 2.29. The number of carboxylic acid groups (broad SMARTS) is 1. The zero-order valence-corrected chi connectivity index (χ0v) is 11.4. The number of rotatable bonds is 2. The number of likely N-dealkylation sites (tertiary alicyclic amines) is 1. The van der Waals surface area contributed by atoms with Crippen LogP contribution in [-0.4, -0.2) is 39.1 Å². The maximum atomic E-state index is 11.1. The van der Waals surface area contributed by atoms with Gasteiger partial charge in [0.1, 0.15) is 5.82 Å². The van der Waals surface area contributed by atoms with Crippen LogP contribution in [0.2, 0.25) is 0 Å².